The van der Waals surface area contributed by atoms with Crippen LogP contribution in [0.5, 0.6) is 0 Å². The number of rotatable bonds is 4. The van der Waals surface area contributed by atoms with Crippen LogP contribution in [0.25, 0.3) is 0 Å². The van der Waals surface area contributed by atoms with Gasteiger partial charge >= 0.3 is 0 Å². The number of aromatic nitrogens is 3. The van der Waals surface area contributed by atoms with Crippen molar-refractivity contribution in [1.29, 1.82) is 0 Å². The minimum absolute atomic E-state index is 0.0228. The van der Waals surface area contributed by atoms with Crippen LogP contribution in [0.2, 0.25) is 0 Å². The number of hydrogen-bond acceptors (Lipinski definition) is 3. The summed E-state index contributed by atoms with van der Waals surface area (Å²) in [5, 5.41) is 9.95. The molecule has 0 saturated carbocycles. The van der Waals surface area contributed by atoms with Crippen molar-refractivity contribution in [2.75, 3.05) is 5.32 Å². The lowest BCUT2D eigenvalue weighted by Gasteiger charge is -2.07. The van der Waals surface area contributed by atoms with Gasteiger partial charge in [0.2, 0.25) is 0 Å². The van der Waals surface area contributed by atoms with Gasteiger partial charge in [-0.05, 0) is 19.1 Å². The molecule has 0 amide bonds. The second-order valence-electron chi connectivity index (χ2n) is 3.48. The smallest absolute Gasteiger partial charge is 0.250 e. The summed E-state index contributed by atoms with van der Waals surface area (Å²) in [4.78, 5) is 11.4. The molecule has 2 aromatic heterocycles. The van der Waals surface area contributed by atoms with Crippen LogP contribution in [0, 0.1) is 0 Å². The average molecular weight is 218 g/mol. The summed E-state index contributed by atoms with van der Waals surface area (Å²) in [7, 11) is 0. The van der Waals surface area contributed by atoms with E-state index in [9.17, 15) is 4.79 Å². The highest BCUT2D eigenvalue weighted by molar-refractivity contribution is 5.40. The first kappa shape index (κ1) is 10.5. The minimum Gasteiger partial charge on any atom is -0.378 e. The van der Waals surface area contributed by atoms with Crippen LogP contribution in [0.15, 0.2) is 35.4 Å². The number of anilines is 1. The molecule has 0 aliphatic heterocycles. The van der Waals surface area contributed by atoms with Crippen LogP contribution in [0.4, 0.5) is 5.69 Å². The molecule has 5 heteroatoms. The molecule has 2 N–H and O–H groups in total. The molecule has 0 atom stereocenters. The highest BCUT2D eigenvalue weighted by Crippen LogP contribution is 2.05. The topological polar surface area (TPSA) is 62.7 Å². The zero-order valence-corrected chi connectivity index (χ0v) is 9.10. The van der Waals surface area contributed by atoms with Gasteiger partial charge in [-0.15, -0.1) is 0 Å². The Kier molecular flexibility index (Phi) is 3.05. The highest BCUT2D eigenvalue weighted by atomic mass is 16.1. The average Bonchev–Trinajstić information content (AvgIpc) is 2.81. The molecule has 0 saturated heterocycles. The maximum Gasteiger partial charge on any atom is 0.250 e. The lowest BCUT2D eigenvalue weighted by atomic mass is 10.3. The Morgan fingerprint density at radius 1 is 1.44 bits per heavy atom. The van der Waals surface area contributed by atoms with E-state index < -0.39 is 0 Å². The van der Waals surface area contributed by atoms with Crippen LogP contribution >= 0.6 is 0 Å². The first-order valence-electron chi connectivity index (χ1n) is 5.22. The van der Waals surface area contributed by atoms with E-state index in [1.54, 1.807) is 22.9 Å². The number of pyridine rings is 1. The third-order valence-corrected chi connectivity index (χ3v) is 2.37. The van der Waals surface area contributed by atoms with Crippen molar-refractivity contribution < 1.29 is 0 Å². The quantitative estimate of drug-likeness (QED) is 0.810. The maximum absolute atomic E-state index is 11.4. The second kappa shape index (κ2) is 4.65. The SMILES string of the molecule is CCn1cc(NCc2ccn[nH]2)ccc1=O. The molecule has 0 bridgehead atoms. The number of nitrogens with one attached hydrogen (secondary N) is 2. The molecular weight excluding hydrogens is 204 g/mol. The number of H-pyrrole nitrogens is 1. The largest absolute Gasteiger partial charge is 0.378 e. The number of aryl methyl sites for hydroxylation is 1. The lowest BCUT2D eigenvalue weighted by Crippen LogP contribution is -2.17. The standard InChI is InChI=1S/C11H14N4O/c1-2-15-8-10(3-4-11(15)16)12-7-9-5-6-13-14-9/h3-6,8,12H,2,7H2,1H3,(H,13,14). The van der Waals surface area contributed by atoms with Crippen molar-refractivity contribution in [3.8, 4) is 0 Å². The maximum atomic E-state index is 11.4. The fraction of sp³-hybridized carbons (Fsp3) is 0.273. The van der Waals surface area contributed by atoms with E-state index in [0.717, 1.165) is 11.4 Å². The number of nitrogens with zero attached hydrogens (tertiary/aromatic N) is 2. The molecule has 2 heterocycles. The first-order valence-corrected chi connectivity index (χ1v) is 5.22. The summed E-state index contributed by atoms with van der Waals surface area (Å²) >= 11 is 0. The molecule has 2 aromatic rings. The second-order valence-corrected chi connectivity index (χ2v) is 3.48. The van der Waals surface area contributed by atoms with Gasteiger partial charge in [-0.25, -0.2) is 0 Å². The van der Waals surface area contributed by atoms with E-state index in [-0.39, 0.29) is 5.56 Å². The lowest BCUT2D eigenvalue weighted by molar-refractivity contribution is 0.727. The molecule has 0 unspecified atom stereocenters. The third kappa shape index (κ3) is 2.31. The molecule has 84 valence electrons. The molecule has 0 fully saturated rings. The first-order chi connectivity index (χ1) is 7.79. The predicted molar refractivity (Wildman–Crippen MR) is 62.3 cm³/mol. The van der Waals surface area contributed by atoms with Gasteiger partial charge in [0.1, 0.15) is 0 Å². The van der Waals surface area contributed by atoms with Crippen LogP contribution < -0.4 is 10.9 Å². The summed E-state index contributed by atoms with van der Waals surface area (Å²) < 4.78 is 1.66. The van der Waals surface area contributed by atoms with Crippen LogP contribution in [0.3, 0.4) is 0 Å². The highest BCUT2D eigenvalue weighted by Gasteiger charge is 1.97. The Morgan fingerprint density at radius 3 is 3.00 bits per heavy atom. The van der Waals surface area contributed by atoms with Gasteiger partial charge in [-0.3, -0.25) is 9.89 Å². The molecule has 16 heavy (non-hydrogen) atoms. The summed E-state index contributed by atoms with van der Waals surface area (Å²) in [6, 6.07) is 5.26. The van der Waals surface area contributed by atoms with E-state index in [0.29, 0.717) is 13.1 Å². The molecule has 0 aromatic carbocycles. The van der Waals surface area contributed by atoms with E-state index >= 15 is 0 Å². The Balaban J connectivity index is 2.07. The summed E-state index contributed by atoms with van der Waals surface area (Å²) in [5.74, 6) is 0. The monoisotopic (exact) mass is 218 g/mol. The van der Waals surface area contributed by atoms with Gasteiger partial charge in [-0.2, -0.15) is 5.10 Å². The van der Waals surface area contributed by atoms with Crippen molar-refractivity contribution in [2.24, 2.45) is 0 Å². The van der Waals surface area contributed by atoms with Gasteiger partial charge in [0, 0.05) is 25.0 Å². The zero-order chi connectivity index (χ0) is 11.4. The van der Waals surface area contributed by atoms with Crippen LogP contribution in [-0.4, -0.2) is 14.8 Å². The van der Waals surface area contributed by atoms with E-state index in [2.05, 4.69) is 15.5 Å². The van der Waals surface area contributed by atoms with Gasteiger partial charge in [-0.1, -0.05) is 0 Å². The Bertz CT molecular complexity index is 501. The fourth-order valence-electron chi connectivity index (χ4n) is 1.46. The summed E-state index contributed by atoms with van der Waals surface area (Å²) in [5.41, 5.74) is 1.96. The molecule has 0 spiro atoms. The number of hydrogen-bond donors (Lipinski definition) is 2. The molecular formula is C11H14N4O. The summed E-state index contributed by atoms with van der Waals surface area (Å²) in [6.07, 6.45) is 3.53. The van der Waals surface area contributed by atoms with Gasteiger partial charge in [0.15, 0.2) is 0 Å². The molecule has 0 aliphatic rings. The Labute approximate surface area is 93.1 Å². The predicted octanol–water partition coefficient (Wildman–Crippen LogP) is 1.20. The fourth-order valence-corrected chi connectivity index (χ4v) is 1.46. The van der Waals surface area contributed by atoms with Crippen LogP contribution in [-0.2, 0) is 13.1 Å². The van der Waals surface area contributed by atoms with E-state index in [1.807, 2.05) is 19.2 Å². The van der Waals surface area contributed by atoms with E-state index in [1.165, 1.54) is 0 Å². The zero-order valence-electron chi connectivity index (χ0n) is 9.10. The molecule has 0 radical (unpaired) electrons. The molecule has 0 aliphatic carbocycles. The van der Waals surface area contributed by atoms with Gasteiger partial charge < -0.3 is 9.88 Å². The minimum atomic E-state index is 0.0228. The normalized spacial score (nSPS) is 10.3. The van der Waals surface area contributed by atoms with Crippen molar-refractivity contribution in [2.45, 2.75) is 20.0 Å². The van der Waals surface area contributed by atoms with Crippen LogP contribution in [0.1, 0.15) is 12.6 Å². The summed E-state index contributed by atoms with van der Waals surface area (Å²) in [6.45, 7) is 3.29. The van der Waals surface area contributed by atoms with Crippen molar-refractivity contribution in [3.05, 3.63) is 46.6 Å². The van der Waals surface area contributed by atoms with Gasteiger partial charge in [0.05, 0.1) is 17.9 Å². The van der Waals surface area contributed by atoms with Gasteiger partial charge in [0.25, 0.3) is 5.56 Å². The van der Waals surface area contributed by atoms with Crippen molar-refractivity contribution in [1.82, 2.24) is 14.8 Å². The molecule has 2 rings (SSSR count). The number of aromatic amines is 1. The Morgan fingerprint density at radius 2 is 2.31 bits per heavy atom. The molecule has 5 nitrogen and oxygen atoms in total. The third-order valence-electron chi connectivity index (χ3n) is 2.37. The van der Waals surface area contributed by atoms with Crippen molar-refractivity contribution in [3.63, 3.8) is 0 Å². The van der Waals surface area contributed by atoms with Crippen molar-refractivity contribution >= 4 is 5.69 Å². The Hall–Kier alpha value is -2.04. The van der Waals surface area contributed by atoms with E-state index in [4.69, 9.17) is 0 Å².